The van der Waals surface area contributed by atoms with Crippen LogP contribution in [-0.2, 0) is 0 Å². The standard InChI is InChI=1S/C13H14N2O2S/c16-12(10-4-2-1-3-5-10)8-14-13(17)15-11-6-7-18-9-11/h1-7,9,12,16H,8H2,(H2,14,15,17). The quantitative estimate of drug-likeness (QED) is 0.793. The van der Waals surface area contributed by atoms with E-state index in [0.29, 0.717) is 0 Å². The van der Waals surface area contributed by atoms with Crippen molar-refractivity contribution in [1.29, 1.82) is 0 Å². The van der Waals surface area contributed by atoms with Crippen molar-refractivity contribution >= 4 is 23.1 Å². The Morgan fingerprint density at radius 2 is 2.06 bits per heavy atom. The number of benzene rings is 1. The van der Waals surface area contributed by atoms with Gasteiger partial charge in [-0.1, -0.05) is 30.3 Å². The van der Waals surface area contributed by atoms with Crippen LogP contribution in [0, 0.1) is 0 Å². The Bertz CT molecular complexity index is 485. The highest BCUT2D eigenvalue weighted by molar-refractivity contribution is 7.08. The number of thiophene rings is 1. The third kappa shape index (κ3) is 3.58. The SMILES string of the molecule is O=C(NCC(O)c1ccccc1)Nc1ccsc1. The van der Waals surface area contributed by atoms with Crippen molar-refractivity contribution in [2.24, 2.45) is 0 Å². The number of carbonyl (C=O) groups excluding carboxylic acids is 1. The molecule has 18 heavy (non-hydrogen) atoms. The third-order valence-corrected chi connectivity index (χ3v) is 3.10. The van der Waals surface area contributed by atoms with Gasteiger partial charge in [-0.25, -0.2) is 4.79 Å². The Hall–Kier alpha value is -1.85. The molecule has 0 aliphatic rings. The van der Waals surface area contributed by atoms with E-state index in [0.717, 1.165) is 11.3 Å². The number of carbonyl (C=O) groups is 1. The predicted octanol–water partition coefficient (Wildman–Crippen LogP) is 2.60. The van der Waals surface area contributed by atoms with Gasteiger partial charge in [-0.05, 0) is 17.0 Å². The van der Waals surface area contributed by atoms with E-state index in [4.69, 9.17) is 0 Å². The number of rotatable bonds is 4. The highest BCUT2D eigenvalue weighted by Gasteiger charge is 2.08. The van der Waals surface area contributed by atoms with Crippen LogP contribution in [0.2, 0.25) is 0 Å². The summed E-state index contributed by atoms with van der Waals surface area (Å²) < 4.78 is 0. The summed E-state index contributed by atoms with van der Waals surface area (Å²) in [5, 5.41) is 18.9. The van der Waals surface area contributed by atoms with Gasteiger partial charge in [0.25, 0.3) is 0 Å². The van der Waals surface area contributed by atoms with Crippen LogP contribution >= 0.6 is 11.3 Å². The molecule has 0 saturated heterocycles. The highest BCUT2D eigenvalue weighted by atomic mass is 32.1. The monoisotopic (exact) mass is 262 g/mol. The number of anilines is 1. The minimum atomic E-state index is -0.695. The van der Waals surface area contributed by atoms with Gasteiger partial charge in [-0.2, -0.15) is 11.3 Å². The average molecular weight is 262 g/mol. The number of aliphatic hydroxyl groups is 1. The average Bonchev–Trinajstić information content (AvgIpc) is 2.90. The zero-order chi connectivity index (χ0) is 12.8. The Balaban J connectivity index is 1.79. The Labute approximate surface area is 109 Å². The largest absolute Gasteiger partial charge is 0.387 e. The van der Waals surface area contributed by atoms with Crippen LogP contribution in [0.3, 0.4) is 0 Å². The Morgan fingerprint density at radius 1 is 1.28 bits per heavy atom. The van der Waals surface area contributed by atoms with Gasteiger partial charge < -0.3 is 15.7 Å². The summed E-state index contributed by atoms with van der Waals surface area (Å²) >= 11 is 1.51. The fraction of sp³-hybridized carbons (Fsp3) is 0.154. The molecule has 0 saturated carbocycles. The first-order chi connectivity index (χ1) is 8.75. The van der Waals surface area contributed by atoms with Crippen molar-refractivity contribution in [3.8, 4) is 0 Å². The molecule has 4 nitrogen and oxygen atoms in total. The van der Waals surface area contributed by atoms with Crippen molar-refractivity contribution in [3.63, 3.8) is 0 Å². The molecular weight excluding hydrogens is 248 g/mol. The zero-order valence-corrected chi connectivity index (χ0v) is 10.5. The zero-order valence-electron chi connectivity index (χ0n) is 9.67. The first-order valence-electron chi connectivity index (χ1n) is 5.56. The molecule has 1 aromatic heterocycles. The van der Waals surface area contributed by atoms with Gasteiger partial charge in [-0.3, -0.25) is 0 Å². The Morgan fingerprint density at radius 3 is 2.72 bits per heavy atom. The summed E-state index contributed by atoms with van der Waals surface area (Å²) in [5.41, 5.74) is 1.54. The second-order valence-corrected chi connectivity index (χ2v) is 4.55. The smallest absolute Gasteiger partial charge is 0.319 e. The van der Waals surface area contributed by atoms with Crippen LogP contribution in [0.15, 0.2) is 47.2 Å². The summed E-state index contributed by atoms with van der Waals surface area (Å²) in [7, 11) is 0. The lowest BCUT2D eigenvalue weighted by Crippen LogP contribution is -2.32. The van der Waals surface area contributed by atoms with Crippen molar-refractivity contribution in [3.05, 3.63) is 52.7 Å². The molecule has 94 valence electrons. The van der Waals surface area contributed by atoms with E-state index in [9.17, 15) is 9.90 Å². The molecule has 5 heteroatoms. The normalized spacial score (nSPS) is 11.8. The van der Waals surface area contributed by atoms with E-state index in [1.165, 1.54) is 11.3 Å². The van der Waals surface area contributed by atoms with Gasteiger partial charge in [0.15, 0.2) is 0 Å². The molecule has 3 N–H and O–H groups in total. The second kappa shape index (κ2) is 6.18. The number of nitrogens with one attached hydrogen (secondary N) is 2. The van der Waals surface area contributed by atoms with Crippen LogP contribution < -0.4 is 10.6 Å². The summed E-state index contributed by atoms with van der Waals surface area (Å²) in [5.74, 6) is 0. The molecule has 1 heterocycles. The number of hydrogen-bond donors (Lipinski definition) is 3. The fourth-order valence-corrected chi connectivity index (χ4v) is 2.08. The van der Waals surface area contributed by atoms with E-state index in [-0.39, 0.29) is 12.6 Å². The van der Waals surface area contributed by atoms with Crippen molar-refractivity contribution in [2.75, 3.05) is 11.9 Å². The lowest BCUT2D eigenvalue weighted by atomic mass is 10.1. The van der Waals surface area contributed by atoms with E-state index in [1.807, 2.05) is 47.2 Å². The lowest BCUT2D eigenvalue weighted by molar-refractivity contribution is 0.175. The molecule has 1 atom stereocenters. The lowest BCUT2D eigenvalue weighted by Gasteiger charge is -2.12. The van der Waals surface area contributed by atoms with E-state index in [2.05, 4.69) is 10.6 Å². The molecule has 0 radical (unpaired) electrons. The summed E-state index contributed by atoms with van der Waals surface area (Å²) in [6.07, 6.45) is -0.695. The molecule has 1 unspecified atom stereocenters. The van der Waals surface area contributed by atoms with Crippen LogP contribution in [0.5, 0.6) is 0 Å². The number of aliphatic hydroxyl groups excluding tert-OH is 1. The van der Waals surface area contributed by atoms with Crippen molar-refractivity contribution < 1.29 is 9.90 Å². The van der Waals surface area contributed by atoms with Crippen LogP contribution in [0.4, 0.5) is 10.5 Å². The van der Waals surface area contributed by atoms with Crippen LogP contribution in [0.1, 0.15) is 11.7 Å². The predicted molar refractivity (Wildman–Crippen MR) is 72.7 cm³/mol. The highest BCUT2D eigenvalue weighted by Crippen LogP contribution is 2.12. The first-order valence-corrected chi connectivity index (χ1v) is 6.50. The van der Waals surface area contributed by atoms with Gasteiger partial charge in [0, 0.05) is 11.9 Å². The molecule has 2 rings (SSSR count). The maximum atomic E-state index is 11.5. The van der Waals surface area contributed by atoms with Gasteiger partial charge in [0.05, 0.1) is 11.8 Å². The second-order valence-electron chi connectivity index (χ2n) is 3.77. The Kier molecular flexibility index (Phi) is 4.33. The number of urea groups is 1. The molecule has 0 spiro atoms. The molecule has 0 fully saturated rings. The number of amides is 2. The molecule has 2 aromatic rings. The molecule has 2 amide bonds. The molecule has 1 aromatic carbocycles. The van der Waals surface area contributed by atoms with Gasteiger partial charge in [-0.15, -0.1) is 0 Å². The van der Waals surface area contributed by atoms with Gasteiger partial charge >= 0.3 is 6.03 Å². The molecule has 0 aliphatic carbocycles. The van der Waals surface area contributed by atoms with E-state index < -0.39 is 6.10 Å². The van der Waals surface area contributed by atoms with Crippen LogP contribution in [0.25, 0.3) is 0 Å². The fourth-order valence-electron chi connectivity index (χ4n) is 1.49. The minimum absolute atomic E-state index is 0.181. The van der Waals surface area contributed by atoms with E-state index >= 15 is 0 Å². The summed E-state index contributed by atoms with van der Waals surface area (Å²) in [6.45, 7) is 0.181. The minimum Gasteiger partial charge on any atom is -0.387 e. The number of hydrogen-bond acceptors (Lipinski definition) is 3. The maximum Gasteiger partial charge on any atom is 0.319 e. The molecule has 0 bridgehead atoms. The molecular formula is C13H14N2O2S. The maximum absolute atomic E-state index is 11.5. The summed E-state index contributed by atoms with van der Waals surface area (Å²) in [4.78, 5) is 11.5. The first kappa shape index (κ1) is 12.6. The molecule has 0 aliphatic heterocycles. The van der Waals surface area contributed by atoms with Crippen molar-refractivity contribution in [1.82, 2.24) is 5.32 Å². The van der Waals surface area contributed by atoms with Gasteiger partial charge in [0.1, 0.15) is 0 Å². The van der Waals surface area contributed by atoms with E-state index in [1.54, 1.807) is 0 Å². The van der Waals surface area contributed by atoms with Crippen LogP contribution in [-0.4, -0.2) is 17.7 Å². The third-order valence-electron chi connectivity index (χ3n) is 2.42. The van der Waals surface area contributed by atoms with Gasteiger partial charge in [0.2, 0.25) is 0 Å². The summed E-state index contributed by atoms with van der Waals surface area (Å²) in [6, 6.07) is 10.7. The topological polar surface area (TPSA) is 61.4 Å². The van der Waals surface area contributed by atoms with Crippen molar-refractivity contribution in [2.45, 2.75) is 6.10 Å².